The molecule has 0 aliphatic rings. The van der Waals surface area contributed by atoms with Gasteiger partial charge in [0.1, 0.15) is 0 Å². The minimum atomic E-state index is 0.140. The minimum absolute atomic E-state index is 0.140. The van der Waals surface area contributed by atoms with E-state index in [2.05, 4.69) is 56.1 Å². The molecule has 1 rings (SSSR count). The second-order valence-corrected chi connectivity index (χ2v) is 5.69. The Bertz CT molecular complexity index is 247. The van der Waals surface area contributed by atoms with Crippen LogP contribution >= 0.6 is 7.92 Å². The van der Waals surface area contributed by atoms with Crippen LogP contribution in [0.4, 0.5) is 0 Å². The normalized spacial score (nSPS) is 11.3. The summed E-state index contributed by atoms with van der Waals surface area (Å²) in [6.45, 7) is 4.54. The molecule has 0 amide bonds. The van der Waals surface area contributed by atoms with Crippen molar-refractivity contribution < 1.29 is 0 Å². The smallest absolute Gasteiger partial charge is 0.0256 e. The quantitative estimate of drug-likeness (QED) is 0.628. The molecule has 0 bridgehead atoms. The molecule has 0 radical (unpaired) electrons. The van der Waals surface area contributed by atoms with E-state index in [1.165, 1.54) is 17.9 Å². The second-order valence-electron chi connectivity index (χ2n) is 2.95. The van der Waals surface area contributed by atoms with Crippen molar-refractivity contribution in [1.82, 2.24) is 0 Å². The van der Waals surface area contributed by atoms with Gasteiger partial charge >= 0.3 is 0 Å². The summed E-state index contributed by atoms with van der Waals surface area (Å²) in [5.41, 5.74) is 1.32. The number of hydrogen-bond acceptors (Lipinski definition) is 0. The van der Waals surface area contributed by atoms with Gasteiger partial charge in [-0.3, -0.25) is 0 Å². The third-order valence-electron chi connectivity index (χ3n) is 2.09. The van der Waals surface area contributed by atoms with Gasteiger partial charge in [0.15, 0.2) is 0 Å². The zero-order chi connectivity index (χ0) is 9.52. The monoisotopic (exact) mass is 192 g/mol. The van der Waals surface area contributed by atoms with Gasteiger partial charge in [-0.25, -0.2) is 0 Å². The van der Waals surface area contributed by atoms with Crippen molar-refractivity contribution in [2.75, 3.05) is 12.3 Å². The molecule has 0 nitrogen and oxygen atoms in total. The first-order valence-corrected chi connectivity index (χ1v) is 6.62. The van der Waals surface area contributed by atoms with Crippen LogP contribution in [0.3, 0.4) is 0 Å². The molecule has 1 aromatic rings. The minimum Gasteiger partial charge on any atom is -0.0838 e. The summed E-state index contributed by atoms with van der Waals surface area (Å²) < 4.78 is 0. The van der Waals surface area contributed by atoms with Crippen molar-refractivity contribution in [2.24, 2.45) is 0 Å². The highest BCUT2D eigenvalue weighted by Gasteiger charge is 1.94. The topological polar surface area (TPSA) is 0 Å². The summed E-state index contributed by atoms with van der Waals surface area (Å²) in [5, 5.41) is 0. The van der Waals surface area contributed by atoms with E-state index in [0.717, 1.165) is 0 Å². The Morgan fingerprint density at radius 2 is 1.69 bits per heavy atom. The summed E-state index contributed by atoms with van der Waals surface area (Å²) >= 11 is 0. The van der Waals surface area contributed by atoms with Crippen molar-refractivity contribution >= 4 is 14.0 Å². The van der Waals surface area contributed by atoms with E-state index in [-0.39, 0.29) is 7.92 Å². The summed E-state index contributed by atoms with van der Waals surface area (Å²) in [6, 6.07) is 10.5. The van der Waals surface area contributed by atoms with Crippen LogP contribution in [0, 0.1) is 0 Å². The van der Waals surface area contributed by atoms with E-state index in [1.54, 1.807) is 0 Å². The fourth-order valence-electron chi connectivity index (χ4n) is 1.19. The summed E-state index contributed by atoms with van der Waals surface area (Å²) in [4.78, 5) is 0. The Hall–Kier alpha value is -0.610. The molecule has 0 heterocycles. The fraction of sp³-hybridized carbons (Fsp3) is 0.333. The Morgan fingerprint density at radius 1 is 1.08 bits per heavy atom. The molecular formula is C12H17P. The molecule has 0 fully saturated rings. The van der Waals surface area contributed by atoms with Crippen LogP contribution in [-0.2, 0) is 0 Å². The molecule has 1 aromatic carbocycles. The lowest BCUT2D eigenvalue weighted by Gasteiger charge is -2.05. The molecular weight excluding hydrogens is 175 g/mol. The second kappa shape index (κ2) is 5.94. The Kier molecular flexibility index (Phi) is 4.78. The lowest BCUT2D eigenvalue weighted by atomic mass is 10.2. The third kappa shape index (κ3) is 3.74. The maximum absolute atomic E-state index is 2.38. The first kappa shape index (κ1) is 10.5. The number of hydrogen-bond donors (Lipinski definition) is 0. The Morgan fingerprint density at radius 3 is 2.23 bits per heavy atom. The van der Waals surface area contributed by atoms with Crippen LogP contribution < -0.4 is 0 Å². The van der Waals surface area contributed by atoms with E-state index in [1.807, 2.05) is 0 Å². The van der Waals surface area contributed by atoms with Crippen molar-refractivity contribution in [3.63, 3.8) is 0 Å². The summed E-state index contributed by atoms with van der Waals surface area (Å²) in [7, 11) is 0.140. The van der Waals surface area contributed by atoms with Gasteiger partial charge in [-0.1, -0.05) is 64.0 Å². The van der Waals surface area contributed by atoms with E-state index in [0.29, 0.717) is 0 Å². The third-order valence-corrected chi connectivity index (χ3v) is 4.29. The SMILES string of the molecule is CCP(/C=C/c1ccccc1)CC. The van der Waals surface area contributed by atoms with Gasteiger partial charge < -0.3 is 0 Å². The molecule has 1 heteroatoms. The van der Waals surface area contributed by atoms with Crippen LogP contribution in [0.25, 0.3) is 6.08 Å². The van der Waals surface area contributed by atoms with E-state index < -0.39 is 0 Å². The largest absolute Gasteiger partial charge is 0.0838 e. The predicted octanol–water partition coefficient (Wildman–Crippen LogP) is 4.18. The van der Waals surface area contributed by atoms with Gasteiger partial charge in [-0.15, -0.1) is 0 Å². The molecule has 0 spiro atoms. The molecule has 0 aliphatic heterocycles. The van der Waals surface area contributed by atoms with Gasteiger partial charge in [-0.2, -0.15) is 0 Å². The summed E-state index contributed by atoms with van der Waals surface area (Å²) in [6.07, 6.45) is 4.85. The average Bonchev–Trinajstić information content (AvgIpc) is 2.21. The van der Waals surface area contributed by atoms with Crippen LogP contribution in [0.15, 0.2) is 36.1 Å². The molecule has 0 atom stereocenters. The lowest BCUT2D eigenvalue weighted by Crippen LogP contribution is -1.77. The standard InChI is InChI=1S/C12H17P/c1-3-13(4-2)11-10-12-8-6-5-7-9-12/h5-11H,3-4H2,1-2H3/b11-10+. The number of benzene rings is 1. The highest BCUT2D eigenvalue weighted by atomic mass is 31.1. The van der Waals surface area contributed by atoms with Gasteiger partial charge in [0, 0.05) is 0 Å². The molecule has 13 heavy (non-hydrogen) atoms. The van der Waals surface area contributed by atoms with Gasteiger partial charge in [0.2, 0.25) is 0 Å². The highest BCUT2D eigenvalue weighted by molar-refractivity contribution is 7.61. The molecule has 0 aromatic heterocycles. The molecule has 70 valence electrons. The maximum Gasteiger partial charge on any atom is -0.0256 e. The van der Waals surface area contributed by atoms with E-state index in [4.69, 9.17) is 0 Å². The van der Waals surface area contributed by atoms with Crippen LogP contribution in [0.5, 0.6) is 0 Å². The first-order chi connectivity index (χ1) is 6.36. The molecule has 0 unspecified atom stereocenters. The zero-order valence-corrected chi connectivity index (χ0v) is 9.30. The Labute approximate surface area is 82.4 Å². The Balaban J connectivity index is 2.57. The van der Waals surface area contributed by atoms with Crippen LogP contribution in [0.2, 0.25) is 0 Å². The first-order valence-electron chi connectivity index (χ1n) is 4.84. The van der Waals surface area contributed by atoms with Crippen LogP contribution in [-0.4, -0.2) is 12.3 Å². The highest BCUT2D eigenvalue weighted by Crippen LogP contribution is 2.36. The molecule has 0 N–H and O–H groups in total. The van der Waals surface area contributed by atoms with Crippen molar-refractivity contribution in [1.29, 1.82) is 0 Å². The van der Waals surface area contributed by atoms with Crippen molar-refractivity contribution in [2.45, 2.75) is 13.8 Å². The maximum atomic E-state index is 2.38. The predicted molar refractivity (Wildman–Crippen MR) is 63.5 cm³/mol. The van der Waals surface area contributed by atoms with E-state index >= 15 is 0 Å². The number of rotatable bonds is 4. The van der Waals surface area contributed by atoms with Gasteiger partial charge in [0.05, 0.1) is 0 Å². The van der Waals surface area contributed by atoms with Crippen LogP contribution in [0.1, 0.15) is 19.4 Å². The van der Waals surface area contributed by atoms with E-state index in [9.17, 15) is 0 Å². The molecule has 0 saturated heterocycles. The van der Waals surface area contributed by atoms with Crippen molar-refractivity contribution in [3.05, 3.63) is 41.7 Å². The average molecular weight is 192 g/mol. The lowest BCUT2D eigenvalue weighted by molar-refractivity contribution is 1.42. The summed E-state index contributed by atoms with van der Waals surface area (Å²) in [5.74, 6) is 2.38. The molecule has 0 aliphatic carbocycles. The molecule has 0 saturated carbocycles. The van der Waals surface area contributed by atoms with Gasteiger partial charge in [-0.05, 0) is 17.9 Å². The fourth-order valence-corrected chi connectivity index (χ4v) is 2.44. The van der Waals surface area contributed by atoms with Crippen molar-refractivity contribution in [3.8, 4) is 0 Å². The zero-order valence-electron chi connectivity index (χ0n) is 8.40. The van der Waals surface area contributed by atoms with Gasteiger partial charge in [0.25, 0.3) is 0 Å².